The zero-order valence-electron chi connectivity index (χ0n) is 24.9. The fourth-order valence-corrected chi connectivity index (χ4v) is 4.17. The normalized spacial score (nSPS) is 17.0. The topological polar surface area (TPSA) is 84.9 Å². The van der Waals surface area contributed by atoms with Crippen LogP contribution in [-0.2, 0) is 9.47 Å². The van der Waals surface area contributed by atoms with Crippen LogP contribution in [0.25, 0.3) is 0 Å². The molecule has 1 aliphatic heterocycles. The summed E-state index contributed by atoms with van der Waals surface area (Å²) in [4.78, 5) is 0. The van der Waals surface area contributed by atoms with Crippen LogP contribution in [0.3, 0.4) is 0 Å². The van der Waals surface area contributed by atoms with E-state index in [4.69, 9.17) is 25.4 Å². The van der Waals surface area contributed by atoms with Crippen LogP contribution < -0.4 is 5.73 Å². The molecule has 0 aromatic carbocycles. The Morgan fingerprint density at radius 2 is 1.43 bits per heavy atom. The Kier molecular flexibility index (Phi) is 31.6. The molecule has 1 fully saturated rings. The summed E-state index contributed by atoms with van der Waals surface area (Å²) < 4.78 is 11.3. The molecule has 0 saturated carbocycles. The first kappa shape index (κ1) is 37.9. The molecule has 220 valence electrons. The van der Waals surface area contributed by atoms with Crippen LogP contribution >= 0.6 is 0 Å². The lowest BCUT2D eigenvalue weighted by molar-refractivity contribution is -0.0879. The molecule has 0 aliphatic carbocycles. The molecule has 0 spiro atoms. The number of hydrogen-bond acceptors (Lipinski definition) is 5. The van der Waals surface area contributed by atoms with Crippen LogP contribution in [0.4, 0.5) is 0 Å². The minimum atomic E-state index is -0.00249. The lowest BCUT2D eigenvalue weighted by atomic mass is 10.0. The SMILES string of the molecule is C/C=C\O.C=C(N)CC(=C)CCCCCCCC.CCCCCCCCCCOC1CCOC(CO)C1. The highest BCUT2D eigenvalue weighted by atomic mass is 16.5. The second-order valence-corrected chi connectivity index (χ2v) is 10.3. The van der Waals surface area contributed by atoms with Crippen LogP contribution in [0.1, 0.15) is 136 Å². The monoisotopic (exact) mass is 525 g/mol. The lowest BCUT2D eigenvalue weighted by Gasteiger charge is -2.28. The third-order valence-electron chi connectivity index (χ3n) is 6.38. The molecule has 1 saturated heterocycles. The van der Waals surface area contributed by atoms with Crippen molar-refractivity contribution in [2.75, 3.05) is 19.8 Å². The van der Waals surface area contributed by atoms with Gasteiger partial charge in [0.1, 0.15) is 0 Å². The number of ether oxygens (including phenoxy) is 2. The van der Waals surface area contributed by atoms with E-state index in [-0.39, 0.29) is 12.7 Å². The van der Waals surface area contributed by atoms with Gasteiger partial charge in [-0.3, -0.25) is 0 Å². The second kappa shape index (κ2) is 30.9. The highest BCUT2D eigenvalue weighted by molar-refractivity contribution is 5.05. The quantitative estimate of drug-likeness (QED) is 0.0839. The van der Waals surface area contributed by atoms with Gasteiger partial charge in [-0.05, 0) is 32.6 Å². The third kappa shape index (κ3) is 30.8. The minimum Gasteiger partial charge on any atom is -0.516 e. The zero-order chi connectivity index (χ0) is 28.0. The average molecular weight is 526 g/mol. The highest BCUT2D eigenvalue weighted by Gasteiger charge is 2.22. The van der Waals surface area contributed by atoms with Gasteiger partial charge in [0.05, 0.1) is 25.1 Å². The van der Waals surface area contributed by atoms with E-state index in [0.717, 1.165) is 50.9 Å². The van der Waals surface area contributed by atoms with Gasteiger partial charge in [0.15, 0.2) is 0 Å². The molecule has 5 nitrogen and oxygen atoms in total. The van der Waals surface area contributed by atoms with Crippen molar-refractivity contribution in [1.82, 2.24) is 0 Å². The van der Waals surface area contributed by atoms with E-state index in [1.165, 1.54) is 95.5 Å². The molecule has 5 heteroatoms. The van der Waals surface area contributed by atoms with Gasteiger partial charge in [-0.1, -0.05) is 116 Å². The summed E-state index contributed by atoms with van der Waals surface area (Å²) in [6, 6.07) is 0. The number of nitrogens with two attached hydrogens (primary N) is 1. The summed E-state index contributed by atoms with van der Waals surface area (Å²) in [5.74, 6) is 0. The molecule has 0 amide bonds. The lowest BCUT2D eigenvalue weighted by Crippen LogP contribution is -2.33. The van der Waals surface area contributed by atoms with Crippen LogP contribution in [0.5, 0.6) is 0 Å². The number of hydrogen-bond donors (Lipinski definition) is 3. The Bertz CT molecular complexity index is 517. The zero-order valence-corrected chi connectivity index (χ0v) is 24.9. The van der Waals surface area contributed by atoms with Crippen molar-refractivity contribution in [3.05, 3.63) is 36.8 Å². The fourth-order valence-electron chi connectivity index (χ4n) is 4.17. The first-order chi connectivity index (χ1) is 17.9. The van der Waals surface area contributed by atoms with Crippen molar-refractivity contribution in [2.24, 2.45) is 5.73 Å². The first-order valence-electron chi connectivity index (χ1n) is 15.1. The van der Waals surface area contributed by atoms with Crippen LogP contribution in [-0.4, -0.2) is 42.2 Å². The number of aliphatic hydroxyl groups is 2. The van der Waals surface area contributed by atoms with Crippen LogP contribution in [0.15, 0.2) is 36.8 Å². The van der Waals surface area contributed by atoms with E-state index in [1.807, 2.05) is 0 Å². The van der Waals surface area contributed by atoms with Gasteiger partial charge in [0.25, 0.3) is 0 Å². The molecule has 2 unspecified atom stereocenters. The Labute approximate surface area is 230 Å². The molecule has 1 rings (SSSR count). The standard InChI is InChI=1S/C16H32O3.C13H25N.C3H6O/c1-2-3-4-5-6-7-8-9-11-18-15-10-12-19-16(13-15)14-17;1-4-5-6-7-8-9-10-12(2)11-13(3)14;1-2-3-4/h15-17H,2-14H2,1H3;2-11,14H2,1H3;2-4H,1H3/b;;3-2-. The Balaban J connectivity index is 0. The van der Waals surface area contributed by atoms with Crippen LogP contribution in [0, 0.1) is 0 Å². The number of rotatable bonds is 20. The van der Waals surface area contributed by atoms with Gasteiger partial charge in [-0.15, -0.1) is 0 Å². The first-order valence-corrected chi connectivity index (χ1v) is 15.1. The van der Waals surface area contributed by atoms with Gasteiger partial charge in [0.2, 0.25) is 0 Å². The third-order valence-corrected chi connectivity index (χ3v) is 6.38. The van der Waals surface area contributed by atoms with Crippen molar-refractivity contribution in [2.45, 2.75) is 149 Å². The molecule has 0 radical (unpaired) electrons. The maximum absolute atomic E-state index is 9.06. The maximum Gasteiger partial charge on any atom is 0.0830 e. The molecule has 1 heterocycles. The number of unbranched alkanes of at least 4 members (excludes halogenated alkanes) is 12. The smallest absolute Gasteiger partial charge is 0.0830 e. The summed E-state index contributed by atoms with van der Waals surface area (Å²) in [5, 5.41) is 16.8. The van der Waals surface area contributed by atoms with Crippen LogP contribution in [0.2, 0.25) is 0 Å². The van der Waals surface area contributed by atoms with Crippen molar-refractivity contribution >= 4 is 0 Å². The van der Waals surface area contributed by atoms with Crippen molar-refractivity contribution < 1.29 is 19.7 Å². The maximum atomic E-state index is 9.06. The summed E-state index contributed by atoms with van der Waals surface area (Å²) in [6.45, 7) is 15.6. The fraction of sp³-hybridized carbons (Fsp3) is 0.812. The predicted octanol–water partition coefficient (Wildman–Crippen LogP) is 8.92. The van der Waals surface area contributed by atoms with E-state index >= 15 is 0 Å². The summed E-state index contributed by atoms with van der Waals surface area (Å²) in [7, 11) is 0. The summed E-state index contributed by atoms with van der Waals surface area (Å²) in [6.07, 6.45) is 25.3. The Morgan fingerprint density at radius 1 is 0.919 bits per heavy atom. The average Bonchev–Trinajstić information content (AvgIpc) is 2.90. The predicted molar refractivity (Wildman–Crippen MR) is 161 cm³/mol. The minimum absolute atomic E-state index is 0.00249. The van der Waals surface area contributed by atoms with E-state index in [1.54, 1.807) is 13.0 Å². The number of aliphatic hydroxyl groups excluding tert-OH is 2. The van der Waals surface area contributed by atoms with Gasteiger partial charge < -0.3 is 25.4 Å². The van der Waals surface area contributed by atoms with E-state index in [2.05, 4.69) is 27.0 Å². The molecule has 0 aromatic heterocycles. The summed E-state index contributed by atoms with van der Waals surface area (Å²) >= 11 is 0. The molecule has 1 aliphatic rings. The molecule has 4 N–H and O–H groups in total. The molecule has 0 bridgehead atoms. The van der Waals surface area contributed by atoms with E-state index in [9.17, 15) is 0 Å². The van der Waals surface area contributed by atoms with Crippen molar-refractivity contribution in [3.8, 4) is 0 Å². The van der Waals surface area contributed by atoms with Gasteiger partial charge in [0, 0.05) is 31.8 Å². The van der Waals surface area contributed by atoms with Crippen molar-refractivity contribution in [3.63, 3.8) is 0 Å². The van der Waals surface area contributed by atoms with Crippen molar-refractivity contribution in [1.29, 1.82) is 0 Å². The highest BCUT2D eigenvalue weighted by Crippen LogP contribution is 2.17. The molecular weight excluding hydrogens is 462 g/mol. The Morgan fingerprint density at radius 3 is 1.92 bits per heavy atom. The van der Waals surface area contributed by atoms with Gasteiger partial charge >= 0.3 is 0 Å². The molecule has 2 atom stereocenters. The van der Waals surface area contributed by atoms with Gasteiger partial charge in [-0.25, -0.2) is 0 Å². The van der Waals surface area contributed by atoms with E-state index in [0.29, 0.717) is 6.10 Å². The largest absolute Gasteiger partial charge is 0.516 e. The van der Waals surface area contributed by atoms with Gasteiger partial charge in [-0.2, -0.15) is 0 Å². The molecule has 37 heavy (non-hydrogen) atoms. The summed E-state index contributed by atoms with van der Waals surface area (Å²) in [5.41, 5.74) is 7.47. The Hall–Kier alpha value is -1.30. The van der Waals surface area contributed by atoms with E-state index < -0.39 is 0 Å². The molecule has 0 aromatic rings. The molecular formula is C32H63NO4. The number of allylic oxidation sites excluding steroid dienone is 2. The second-order valence-electron chi connectivity index (χ2n) is 10.3.